The second-order valence-corrected chi connectivity index (χ2v) is 2.34. The second-order valence-electron chi connectivity index (χ2n) is 2.34. The van der Waals surface area contributed by atoms with Gasteiger partial charge in [-0.1, -0.05) is 18.2 Å². The molecule has 0 aliphatic carbocycles. The molecule has 1 rings (SSSR count). The number of hydrogen-bond donors (Lipinski definition) is 2. The van der Waals surface area contributed by atoms with E-state index in [1.807, 2.05) is 6.92 Å². The Balaban J connectivity index is 2.92. The van der Waals surface area contributed by atoms with Crippen LogP contribution < -0.4 is 4.74 Å². The van der Waals surface area contributed by atoms with Gasteiger partial charge in [0, 0.05) is 5.56 Å². The zero-order valence-electron chi connectivity index (χ0n) is 6.90. The molecule has 1 aromatic rings. The fraction of sp³-hybridized carbons (Fsp3) is 0.333. The first kappa shape index (κ1) is 9.03. The molecule has 3 nitrogen and oxygen atoms in total. The summed E-state index contributed by atoms with van der Waals surface area (Å²) < 4.78 is 5.18. The molecule has 0 saturated heterocycles. The minimum atomic E-state index is -1.47. The predicted octanol–water partition coefficient (Wildman–Crippen LogP) is 1.07. The zero-order chi connectivity index (χ0) is 8.97. The first-order valence-electron chi connectivity index (χ1n) is 3.83. The van der Waals surface area contributed by atoms with Gasteiger partial charge in [-0.25, -0.2) is 0 Å². The van der Waals surface area contributed by atoms with Gasteiger partial charge in [0.1, 0.15) is 5.75 Å². The topological polar surface area (TPSA) is 49.7 Å². The van der Waals surface area contributed by atoms with Crippen LogP contribution >= 0.6 is 0 Å². The molecule has 0 aromatic heterocycles. The maximum atomic E-state index is 8.91. The van der Waals surface area contributed by atoms with Gasteiger partial charge in [-0.05, 0) is 13.0 Å². The first-order chi connectivity index (χ1) is 5.75. The molecule has 0 bridgehead atoms. The average molecular weight is 168 g/mol. The largest absolute Gasteiger partial charge is 0.493 e. The van der Waals surface area contributed by atoms with E-state index < -0.39 is 6.29 Å². The third kappa shape index (κ3) is 1.96. The summed E-state index contributed by atoms with van der Waals surface area (Å²) in [5.41, 5.74) is 0.402. The molecule has 0 heterocycles. The quantitative estimate of drug-likeness (QED) is 0.664. The fourth-order valence-corrected chi connectivity index (χ4v) is 0.981. The van der Waals surface area contributed by atoms with Crippen LogP contribution in [0.1, 0.15) is 18.8 Å². The van der Waals surface area contributed by atoms with Crippen molar-refractivity contribution in [2.45, 2.75) is 13.2 Å². The van der Waals surface area contributed by atoms with E-state index in [1.54, 1.807) is 24.3 Å². The van der Waals surface area contributed by atoms with Gasteiger partial charge >= 0.3 is 0 Å². The maximum absolute atomic E-state index is 8.91. The van der Waals surface area contributed by atoms with Crippen LogP contribution in [-0.2, 0) is 0 Å². The molecule has 3 heteroatoms. The van der Waals surface area contributed by atoms with Crippen LogP contribution in [0, 0.1) is 0 Å². The summed E-state index contributed by atoms with van der Waals surface area (Å²) in [5.74, 6) is 0.523. The summed E-state index contributed by atoms with van der Waals surface area (Å²) in [6.45, 7) is 2.37. The van der Waals surface area contributed by atoms with Gasteiger partial charge < -0.3 is 14.9 Å². The highest BCUT2D eigenvalue weighted by Gasteiger charge is 2.08. The Morgan fingerprint density at radius 2 is 2.00 bits per heavy atom. The standard InChI is InChI=1S/C9H12O3/c1-2-12-8-6-4-3-5-7(8)9(10)11/h3-6,9-11H,2H2,1H3. The minimum Gasteiger partial charge on any atom is -0.493 e. The van der Waals surface area contributed by atoms with Crippen LogP contribution in [0.5, 0.6) is 5.75 Å². The van der Waals surface area contributed by atoms with Crippen molar-refractivity contribution in [1.29, 1.82) is 0 Å². The number of para-hydroxylation sites is 1. The number of hydrogen-bond acceptors (Lipinski definition) is 3. The van der Waals surface area contributed by atoms with E-state index in [0.717, 1.165) is 0 Å². The molecule has 0 amide bonds. The predicted molar refractivity (Wildman–Crippen MR) is 44.8 cm³/mol. The van der Waals surface area contributed by atoms with E-state index >= 15 is 0 Å². The number of rotatable bonds is 3. The normalized spacial score (nSPS) is 10.3. The Bertz CT molecular complexity index is 245. The second kappa shape index (κ2) is 4.09. The van der Waals surface area contributed by atoms with E-state index in [4.69, 9.17) is 14.9 Å². The van der Waals surface area contributed by atoms with E-state index in [1.165, 1.54) is 0 Å². The van der Waals surface area contributed by atoms with Gasteiger partial charge in [0.2, 0.25) is 0 Å². The number of ether oxygens (including phenoxy) is 1. The zero-order valence-corrected chi connectivity index (χ0v) is 6.90. The van der Waals surface area contributed by atoms with Crippen molar-refractivity contribution in [3.63, 3.8) is 0 Å². The number of aliphatic hydroxyl groups is 2. The van der Waals surface area contributed by atoms with Gasteiger partial charge in [0.05, 0.1) is 6.61 Å². The van der Waals surface area contributed by atoms with Crippen LogP contribution in [0.4, 0.5) is 0 Å². The highest BCUT2D eigenvalue weighted by Crippen LogP contribution is 2.22. The molecule has 0 saturated carbocycles. The van der Waals surface area contributed by atoms with Crippen molar-refractivity contribution in [3.05, 3.63) is 29.8 Å². The van der Waals surface area contributed by atoms with Crippen molar-refractivity contribution in [1.82, 2.24) is 0 Å². The highest BCUT2D eigenvalue weighted by molar-refractivity contribution is 5.33. The minimum absolute atomic E-state index is 0.402. The van der Waals surface area contributed by atoms with Gasteiger partial charge in [0.15, 0.2) is 6.29 Å². The average Bonchev–Trinajstić information content (AvgIpc) is 2.05. The Hall–Kier alpha value is -1.06. The maximum Gasteiger partial charge on any atom is 0.182 e. The lowest BCUT2D eigenvalue weighted by Gasteiger charge is -2.10. The smallest absolute Gasteiger partial charge is 0.182 e. The summed E-state index contributed by atoms with van der Waals surface area (Å²) in [5, 5.41) is 17.8. The van der Waals surface area contributed by atoms with Crippen LogP contribution in [0.2, 0.25) is 0 Å². The number of aliphatic hydroxyl groups excluding tert-OH is 1. The summed E-state index contributed by atoms with van der Waals surface area (Å²) in [6, 6.07) is 6.85. The summed E-state index contributed by atoms with van der Waals surface area (Å²) in [6.07, 6.45) is -1.47. The third-order valence-electron chi connectivity index (χ3n) is 1.50. The Kier molecular flexibility index (Phi) is 3.08. The molecule has 0 fully saturated rings. The molecule has 0 aliphatic heterocycles. The van der Waals surface area contributed by atoms with Crippen molar-refractivity contribution in [2.75, 3.05) is 6.61 Å². The molecule has 12 heavy (non-hydrogen) atoms. The highest BCUT2D eigenvalue weighted by atomic mass is 16.5. The Labute approximate surface area is 71.2 Å². The molecular weight excluding hydrogens is 156 g/mol. The van der Waals surface area contributed by atoms with Gasteiger partial charge in [-0.3, -0.25) is 0 Å². The Morgan fingerprint density at radius 3 is 2.58 bits per heavy atom. The summed E-state index contributed by atoms with van der Waals surface area (Å²) in [7, 11) is 0. The number of benzene rings is 1. The molecule has 1 aromatic carbocycles. The van der Waals surface area contributed by atoms with E-state index in [9.17, 15) is 0 Å². The SMILES string of the molecule is CCOc1ccccc1C(O)O. The molecule has 0 radical (unpaired) electrons. The molecule has 2 N–H and O–H groups in total. The first-order valence-corrected chi connectivity index (χ1v) is 3.83. The van der Waals surface area contributed by atoms with Gasteiger partial charge in [0.25, 0.3) is 0 Å². The fourth-order valence-electron chi connectivity index (χ4n) is 0.981. The van der Waals surface area contributed by atoms with E-state index in [2.05, 4.69) is 0 Å². The summed E-state index contributed by atoms with van der Waals surface area (Å²) >= 11 is 0. The van der Waals surface area contributed by atoms with Crippen molar-refractivity contribution < 1.29 is 14.9 Å². The molecule has 66 valence electrons. The lowest BCUT2D eigenvalue weighted by Crippen LogP contribution is -2.00. The molecule has 0 unspecified atom stereocenters. The van der Waals surface area contributed by atoms with Crippen LogP contribution in [0.15, 0.2) is 24.3 Å². The molecule has 0 atom stereocenters. The van der Waals surface area contributed by atoms with Crippen molar-refractivity contribution in [2.24, 2.45) is 0 Å². The molecule has 0 spiro atoms. The molecular formula is C9H12O3. The molecule has 0 aliphatic rings. The van der Waals surface area contributed by atoms with Crippen LogP contribution in [-0.4, -0.2) is 16.8 Å². The van der Waals surface area contributed by atoms with Crippen LogP contribution in [0.25, 0.3) is 0 Å². The van der Waals surface area contributed by atoms with Crippen molar-refractivity contribution in [3.8, 4) is 5.75 Å². The third-order valence-corrected chi connectivity index (χ3v) is 1.50. The van der Waals surface area contributed by atoms with E-state index in [0.29, 0.717) is 17.9 Å². The van der Waals surface area contributed by atoms with Crippen LogP contribution in [0.3, 0.4) is 0 Å². The van der Waals surface area contributed by atoms with Crippen molar-refractivity contribution >= 4 is 0 Å². The lowest BCUT2D eigenvalue weighted by molar-refractivity contribution is -0.0441. The lowest BCUT2D eigenvalue weighted by atomic mass is 10.2. The van der Waals surface area contributed by atoms with Gasteiger partial charge in [-0.2, -0.15) is 0 Å². The monoisotopic (exact) mass is 168 g/mol. The summed E-state index contributed by atoms with van der Waals surface area (Å²) in [4.78, 5) is 0. The van der Waals surface area contributed by atoms with E-state index in [-0.39, 0.29) is 0 Å². The van der Waals surface area contributed by atoms with Gasteiger partial charge in [-0.15, -0.1) is 0 Å². The Morgan fingerprint density at radius 1 is 1.33 bits per heavy atom.